The SMILES string of the molecule is CN=C(NCc1ccc(OC)cc1)NCc1ccc2c(c1)CCC2. The molecule has 3 rings (SSSR count). The van der Waals surface area contributed by atoms with Crippen molar-refractivity contribution >= 4 is 5.96 Å². The van der Waals surface area contributed by atoms with Crippen molar-refractivity contribution in [2.75, 3.05) is 14.2 Å². The van der Waals surface area contributed by atoms with Gasteiger partial charge in [-0.3, -0.25) is 4.99 Å². The highest BCUT2D eigenvalue weighted by molar-refractivity contribution is 5.79. The molecular weight excluding hydrogens is 298 g/mol. The number of hydrogen-bond donors (Lipinski definition) is 2. The number of methoxy groups -OCH3 is 1. The summed E-state index contributed by atoms with van der Waals surface area (Å²) in [6.07, 6.45) is 3.74. The van der Waals surface area contributed by atoms with Crippen LogP contribution in [0.15, 0.2) is 47.5 Å². The van der Waals surface area contributed by atoms with Crippen LogP contribution in [0.3, 0.4) is 0 Å². The van der Waals surface area contributed by atoms with E-state index in [1.54, 1.807) is 14.2 Å². The molecule has 0 aromatic heterocycles. The Bertz CT molecular complexity index is 707. The van der Waals surface area contributed by atoms with Gasteiger partial charge in [-0.2, -0.15) is 0 Å². The van der Waals surface area contributed by atoms with Gasteiger partial charge in [0, 0.05) is 20.1 Å². The van der Waals surface area contributed by atoms with Crippen molar-refractivity contribution in [3.8, 4) is 5.75 Å². The number of benzene rings is 2. The smallest absolute Gasteiger partial charge is 0.191 e. The summed E-state index contributed by atoms with van der Waals surface area (Å²) in [5.41, 5.74) is 5.52. The lowest BCUT2D eigenvalue weighted by molar-refractivity contribution is 0.414. The minimum absolute atomic E-state index is 0.730. The van der Waals surface area contributed by atoms with Crippen LogP contribution < -0.4 is 15.4 Å². The molecule has 0 fully saturated rings. The molecule has 1 aliphatic carbocycles. The number of nitrogens with zero attached hydrogens (tertiary/aromatic N) is 1. The van der Waals surface area contributed by atoms with E-state index in [0.717, 1.165) is 24.8 Å². The van der Waals surface area contributed by atoms with Gasteiger partial charge in [0.1, 0.15) is 5.75 Å². The van der Waals surface area contributed by atoms with Crippen LogP contribution in [-0.2, 0) is 25.9 Å². The molecular formula is C20H25N3O. The van der Waals surface area contributed by atoms with Gasteiger partial charge < -0.3 is 15.4 Å². The van der Waals surface area contributed by atoms with E-state index >= 15 is 0 Å². The van der Waals surface area contributed by atoms with E-state index in [1.165, 1.54) is 41.5 Å². The van der Waals surface area contributed by atoms with Gasteiger partial charge >= 0.3 is 0 Å². The normalized spacial score (nSPS) is 13.5. The van der Waals surface area contributed by atoms with Crippen molar-refractivity contribution in [1.29, 1.82) is 0 Å². The number of fused-ring (bicyclic) bond motifs is 1. The number of aliphatic imine (C=N–C) groups is 1. The van der Waals surface area contributed by atoms with E-state index in [9.17, 15) is 0 Å². The minimum Gasteiger partial charge on any atom is -0.497 e. The van der Waals surface area contributed by atoms with E-state index in [-0.39, 0.29) is 0 Å². The van der Waals surface area contributed by atoms with Gasteiger partial charge in [0.25, 0.3) is 0 Å². The monoisotopic (exact) mass is 323 g/mol. The predicted octanol–water partition coefficient (Wildman–Crippen LogP) is 3.05. The van der Waals surface area contributed by atoms with Gasteiger partial charge in [-0.05, 0) is 53.6 Å². The zero-order chi connectivity index (χ0) is 16.8. The Balaban J connectivity index is 1.51. The Labute approximate surface area is 144 Å². The van der Waals surface area contributed by atoms with Crippen LogP contribution in [-0.4, -0.2) is 20.1 Å². The van der Waals surface area contributed by atoms with E-state index in [4.69, 9.17) is 4.74 Å². The number of hydrogen-bond acceptors (Lipinski definition) is 2. The van der Waals surface area contributed by atoms with E-state index in [0.29, 0.717) is 0 Å². The Hall–Kier alpha value is -2.49. The first kappa shape index (κ1) is 16.4. The maximum Gasteiger partial charge on any atom is 0.191 e. The van der Waals surface area contributed by atoms with Gasteiger partial charge in [0.15, 0.2) is 5.96 Å². The zero-order valence-corrected chi connectivity index (χ0v) is 14.4. The van der Waals surface area contributed by atoms with E-state index in [2.05, 4.69) is 46.0 Å². The lowest BCUT2D eigenvalue weighted by Gasteiger charge is -2.13. The third-order valence-corrected chi connectivity index (χ3v) is 4.47. The molecule has 126 valence electrons. The Morgan fingerprint density at radius 1 is 0.958 bits per heavy atom. The standard InChI is InChI=1S/C20H25N3O/c1-21-20(22-13-15-7-10-19(24-2)11-8-15)23-14-16-6-9-17-4-3-5-18(17)12-16/h6-12H,3-5,13-14H2,1-2H3,(H2,21,22,23). The van der Waals surface area contributed by atoms with Crippen LogP contribution >= 0.6 is 0 Å². The molecule has 0 heterocycles. The van der Waals surface area contributed by atoms with E-state index in [1.807, 2.05) is 12.1 Å². The van der Waals surface area contributed by atoms with Crippen molar-refractivity contribution in [3.05, 3.63) is 64.7 Å². The molecule has 2 N–H and O–H groups in total. The molecule has 0 amide bonds. The first-order valence-corrected chi connectivity index (χ1v) is 8.46. The number of nitrogens with one attached hydrogen (secondary N) is 2. The molecule has 0 radical (unpaired) electrons. The summed E-state index contributed by atoms with van der Waals surface area (Å²) in [6, 6.07) is 14.9. The first-order valence-electron chi connectivity index (χ1n) is 8.46. The van der Waals surface area contributed by atoms with Crippen LogP contribution in [0.4, 0.5) is 0 Å². The Kier molecular flexibility index (Phi) is 5.36. The highest BCUT2D eigenvalue weighted by Gasteiger charge is 2.10. The molecule has 0 saturated heterocycles. The maximum absolute atomic E-state index is 5.18. The van der Waals surface area contributed by atoms with Crippen molar-refractivity contribution in [1.82, 2.24) is 10.6 Å². The summed E-state index contributed by atoms with van der Waals surface area (Å²) in [6.45, 7) is 1.52. The highest BCUT2D eigenvalue weighted by atomic mass is 16.5. The number of ether oxygens (including phenoxy) is 1. The fourth-order valence-corrected chi connectivity index (χ4v) is 3.07. The average molecular weight is 323 g/mol. The third kappa shape index (κ3) is 4.07. The van der Waals surface area contributed by atoms with Gasteiger partial charge in [0.05, 0.1) is 7.11 Å². The molecule has 24 heavy (non-hydrogen) atoms. The van der Waals surface area contributed by atoms with Gasteiger partial charge in [-0.1, -0.05) is 30.3 Å². The maximum atomic E-state index is 5.18. The molecule has 0 atom stereocenters. The molecule has 0 unspecified atom stereocenters. The molecule has 0 spiro atoms. The average Bonchev–Trinajstić information content (AvgIpc) is 3.10. The third-order valence-electron chi connectivity index (χ3n) is 4.47. The van der Waals surface area contributed by atoms with Gasteiger partial charge in [-0.25, -0.2) is 0 Å². The molecule has 2 aromatic rings. The van der Waals surface area contributed by atoms with Crippen LogP contribution in [0.1, 0.15) is 28.7 Å². The zero-order valence-electron chi connectivity index (χ0n) is 14.4. The lowest BCUT2D eigenvalue weighted by atomic mass is 10.1. The summed E-state index contributed by atoms with van der Waals surface area (Å²) in [7, 11) is 3.48. The summed E-state index contributed by atoms with van der Waals surface area (Å²) >= 11 is 0. The number of aryl methyl sites for hydroxylation is 2. The second kappa shape index (κ2) is 7.86. The molecule has 0 aliphatic heterocycles. The minimum atomic E-state index is 0.730. The van der Waals surface area contributed by atoms with Crippen molar-refractivity contribution in [2.45, 2.75) is 32.4 Å². The Morgan fingerprint density at radius 2 is 1.62 bits per heavy atom. The summed E-state index contributed by atoms with van der Waals surface area (Å²) in [5, 5.41) is 6.73. The first-order chi connectivity index (χ1) is 11.8. The van der Waals surface area contributed by atoms with Crippen molar-refractivity contribution < 1.29 is 4.74 Å². The van der Waals surface area contributed by atoms with Crippen LogP contribution in [0, 0.1) is 0 Å². The van der Waals surface area contributed by atoms with Crippen LogP contribution in [0.25, 0.3) is 0 Å². The summed E-state index contributed by atoms with van der Waals surface area (Å²) in [4.78, 5) is 4.29. The molecule has 4 nitrogen and oxygen atoms in total. The molecule has 4 heteroatoms. The summed E-state index contributed by atoms with van der Waals surface area (Å²) in [5.74, 6) is 1.68. The number of rotatable bonds is 5. The molecule has 0 bridgehead atoms. The van der Waals surface area contributed by atoms with Crippen molar-refractivity contribution in [2.24, 2.45) is 4.99 Å². The van der Waals surface area contributed by atoms with Crippen LogP contribution in [0.5, 0.6) is 5.75 Å². The lowest BCUT2D eigenvalue weighted by Crippen LogP contribution is -2.36. The van der Waals surface area contributed by atoms with Gasteiger partial charge in [-0.15, -0.1) is 0 Å². The second-order valence-electron chi connectivity index (χ2n) is 6.08. The molecule has 2 aromatic carbocycles. The van der Waals surface area contributed by atoms with Gasteiger partial charge in [0.2, 0.25) is 0 Å². The summed E-state index contributed by atoms with van der Waals surface area (Å²) < 4.78 is 5.18. The molecule has 1 aliphatic rings. The second-order valence-corrected chi connectivity index (χ2v) is 6.08. The predicted molar refractivity (Wildman–Crippen MR) is 98.5 cm³/mol. The quantitative estimate of drug-likeness (QED) is 0.657. The number of guanidine groups is 1. The van der Waals surface area contributed by atoms with Crippen molar-refractivity contribution in [3.63, 3.8) is 0 Å². The molecule has 0 saturated carbocycles. The topological polar surface area (TPSA) is 45.7 Å². The fraction of sp³-hybridized carbons (Fsp3) is 0.350. The largest absolute Gasteiger partial charge is 0.497 e. The highest BCUT2D eigenvalue weighted by Crippen LogP contribution is 2.22. The Morgan fingerprint density at radius 3 is 2.33 bits per heavy atom. The van der Waals surface area contributed by atoms with Crippen LogP contribution in [0.2, 0.25) is 0 Å². The van der Waals surface area contributed by atoms with E-state index < -0.39 is 0 Å². The fourth-order valence-electron chi connectivity index (χ4n) is 3.07.